The number of rotatable bonds is 5. The molecule has 0 aliphatic rings. The summed E-state index contributed by atoms with van der Waals surface area (Å²) in [5.41, 5.74) is -0.624. The van der Waals surface area contributed by atoms with E-state index in [1.165, 1.54) is 18.9 Å². The zero-order chi connectivity index (χ0) is 13.7. The van der Waals surface area contributed by atoms with E-state index in [-0.39, 0.29) is 5.97 Å². The van der Waals surface area contributed by atoms with Gasteiger partial charge in [0, 0.05) is 5.39 Å². The van der Waals surface area contributed by atoms with Crippen molar-refractivity contribution in [1.29, 1.82) is 0 Å². The second kappa shape index (κ2) is 6.48. The molecule has 4 heteroatoms. The second-order valence-corrected chi connectivity index (χ2v) is 5.24. The molecule has 19 heavy (non-hydrogen) atoms. The number of carbonyl (C=O) groups excluding carboxylic acids is 1. The molecule has 0 N–H and O–H groups in total. The van der Waals surface area contributed by atoms with Gasteiger partial charge in [0.25, 0.3) is 0 Å². The number of hydrogen-bond acceptors (Lipinski definition) is 4. The summed E-state index contributed by atoms with van der Waals surface area (Å²) in [4.78, 5) is 11.7. The molecular weight excluding hydrogens is 260 g/mol. The van der Waals surface area contributed by atoms with E-state index in [9.17, 15) is 4.79 Å². The summed E-state index contributed by atoms with van der Waals surface area (Å²) in [7, 11) is 1.37. The Balaban J connectivity index is 2.31. The molecule has 0 saturated heterocycles. The minimum absolute atomic E-state index is 0.361. The van der Waals surface area contributed by atoms with Crippen LogP contribution in [-0.2, 0) is 9.53 Å². The number of esters is 1. The summed E-state index contributed by atoms with van der Waals surface area (Å²) in [6.45, 7) is 1.98. The lowest BCUT2D eigenvalue weighted by Crippen LogP contribution is -2.25. The number of fused-ring (bicyclic) bond motifs is 1. The Morgan fingerprint density at radius 2 is 1.95 bits per heavy atom. The molecule has 0 amide bonds. The van der Waals surface area contributed by atoms with Crippen molar-refractivity contribution >= 4 is 28.5 Å². The van der Waals surface area contributed by atoms with E-state index in [1.807, 2.05) is 49.4 Å². The molecule has 0 radical (unpaired) electrons. The molecule has 0 fully saturated rings. The lowest BCUT2D eigenvalue weighted by atomic mass is 10.1. The van der Waals surface area contributed by atoms with Gasteiger partial charge >= 0.3 is 5.97 Å². The van der Waals surface area contributed by atoms with Crippen LogP contribution in [0, 0.1) is 0 Å². The predicted molar refractivity (Wildman–Crippen MR) is 78.5 cm³/mol. The quantitative estimate of drug-likeness (QED) is 0.619. The van der Waals surface area contributed by atoms with Gasteiger partial charge in [-0.05, 0) is 17.2 Å². The molecule has 3 nitrogen and oxygen atoms in total. The van der Waals surface area contributed by atoms with Crippen LogP contribution < -0.4 is 4.74 Å². The Hall–Kier alpha value is -1.68. The van der Waals surface area contributed by atoms with E-state index in [4.69, 9.17) is 9.47 Å². The second-order valence-electron chi connectivity index (χ2n) is 3.91. The Kier molecular flexibility index (Phi) is 4.68. The van der Waals surface area contributed by atoms with Gasteiger partial charge < -0.3 is 9.47 Å². The first-order valence-corrected chi connectivity index (χ1v) is 7.15. The van der Waals surface area contributed by atoms with Crippen LogP contribution in [0.5, 0.6) is 5.75 Å². The summed E-state index contributed by atoms with van der Waals surface area (Å²) < 4.78 is 10.6. The van der Waals surface area contributed by atoms with Gasteiger partial charge in [-0.15, -0.1) is 11.8 Å². The monoisotopic (exact) mass is 276 g/mol. The first-order valence-electron chi connectivity index (χ1n) is 6.10. The van der Waals surface area contributed by atoms with Crippen molar-refractivity contribution < 1.29 is 14.3 Å². The number of ether oxygens (including phenoxy) is 2. The van der Waals surface area contributed by atoms with Crippen LogP contribution in [0.1, 0.15) is 6.92 Å². The predicted octanol–water partition coefficient (Wildman–Crippen LogP) is 3.47. The van der Waals surface area contributed by atoms with Crippen LogP contribution in [0.3, 0.4) is 0 Å². The van der Waals surface area contributed by atoms with Crippen molar-refractivity contribution in [2.75, 3.05) is 12.9 Å². The van der Waals surface area contributed by atoms with Crippen LogP contribution >= 0.6 is 11.8 Å². The van der Waals surface area contributed by atoms with Crippen molar-refractivity contribution in [2.45, 2.75) is 12.4 Å². The van der Waals surface area contributed by atoms with Crippen molar-refractivity contribution in [3.05, 3.63) is 42.5 Å². The maximum absolute atomic E-state index is 11.7. The van der Waals surface area contributed by atoms with E-state index in [1.54, 1.807) is 0 Å². The standard InChI is InChI=1S/C15H16O3S/c1-3-19-15(14(16)17-2)18-13-10-6-8-11-7-4-5-9-12(11)13/h4-10,15H,3H2,1-2H3. The van der Waals surface area contributed by atoms with Crippen molar-refractivity contribution in [2.24, 2.45) is 0 Å². The van der Waals surface area contributed by atoms with Gasteiger partial charge in [0.05, 0.1) is 7.11 Å². The summed E-state index contributed by atoms with van der Waals surface area (Å²) in [5.74, 6) is 1.12. The van der Waals surface area contributed by atoms with E-state index in [2.05, 4.69) is 0 Å². The number of benzene rings is 2. The maximum Gasteiger partial charge on any atom is 0.357 e. The fraction of sp³-hybridized carbons (Fsp3) is 0.267. The van der Waals surface area contributed by atoms with E-state index >= 15 is 0 Å². The topological polar surface area (TPSA) is 35.5 Å². The van der Waals surface area contributed by atoms with E-state index in [0.717, 1.165) is 16.5 Å². The van der Waals surface area contributed by atoms with Gasteiger partial charge in [0.1, 0.15) is 5.75 Å². The van der Waals surface area contributed by atoms with E-state index < -0.39 is 5.44 Å². The van der Waals surface area contributed by atoms with Gasteiger partial charge in [-0.2, -0.15) is 0 Å². The minimum atomic E-state index is -0.624. The van der Waals surface area contributed by atoms with Crippen LogP contribution in [-0.4, -0.2) is 24.3 Å². The summed E-state index contributed by atoms with van der Waals surface area (Å²) in [5, 5.41) is 2.08. The molecule has 0 aliphatic heterocycles. The number of thioether (sulfide) groups is 1. The fourth-order valence-electron chi connectivity index (χ4n) is 1.81. The highest BCUT2D eigenvalue weighted by Gasteiger charge is 2.21. The van der Waals surface area contributed by atoms with Gasteiger partial charge in [-0.3, -0.25) is 0 Å². The Bertz CT molecular complexity index is 563. The van der Waals surface area contributed by atoms with Crippen LogP contribution in [0.2, 0.25) is 0 Å². The number of methoxy groups -OCH3 is 1. The fourth-order valence-corrected chi connectivity index (χ4v) is 2.52. The number of carbonyl (C=O) groups is 1. The lowest BCUT2D eigenvalue weighted by Gasteiger charge is -2.17. The molecule has 1 unspecified atom stereocenters. The largest absolute Gasteiger partial charge is 0.467 e. The van der Waals surface area contributed by atoms with E-state index in [0.29, 0.717) is 5.75 Å². The molecule has 1 atom stereocenters. The summed E-state index contributed by atoms with van der Waals surface area (Å²) >= 11 is 1.42. The van der Waals surface area contributed by atoms with Gasteiger partial charge in [-0.1, -0.05) is 43.3 Å². The summed E-state index contributed by atoms with van der Waals surface area (Å²) in [6, 6.07) is 13.7. The molecule has 2 rings (SSSR count). The molecule has 0 saturated carbocycles. The van der Waals surface area contributed by atoms with Gasteiger partial charge in [0.15, 0.2) is 0 Å². The smallest absolute Gasteiger partial charge is 0.357 e. The molecule has 2 aromatic rings. The average Bonchev–Trinajstić information content (AvgIpc) is 2.46. The Labute approximate surface area is 116 Å². The van der Waals surface area contributed by atoms with Crippen molar-refractivity contribution in [3.8, 4) is 5.75 Å². The first-order chi connectivity index (χ1) is 9.26. The lowest BCUT2D eigenvalue weighted by molar-refractivity contribution is -0.144. The van der Waals surface area contributed by atoms with Crippen LogP contribution in [0.15, 0.2) is 42.5 Å². The number of hydrogen-bond donors (Lipinski definition) is 0. The molecule has 100 valence electrons. The third-order valence-electron chi connectivity index (χ3n) is 2.70. The zero-order valence-corrected chi connectivity index (χ0v) is 11.8. The minimum Gasteiger partial charge on any atom is -0.467 e. The van der Waals surface area contributed by atoms with Crippen molar-refractivity contribution in [1.82, 2.24) is 0 Å². The first kappa shape index (κ1) is 13.7. The Morgan fingerprint density at radius 3 is 2.68 bits per heavy atom. The highest BCUT2D eigenvalue weighted by Crippen LogP contribution is 2.28. The van der Waals surface area contributed by atoms with Crippen LogP contribution in [0.25, 0.3) is 10.8 Å². The highest BCUT2D eigenvalue weighted by atomic mass is 32.2. The third kappa shape index (κ3) is 3.20. The molecule has 2 aromatic carbocycles. The zero-order valence-electron chi connectivity index (χ0n) is 11.0. The normalized spacial score (nSPS) is 12.1. The Morgan fingerprint density at radius 1 is 1.21 bits per heavy atom. The average molecular weight is 276 g/mol. The highest BCUT2D eigenvalue weighted by molar-refractivity contribution is 8.00. The van der Waals surface area contributed by atoms with Crippen molar-refractivity contribution in [3.63, 3.8) is 0 Å². The SMILES string of the molecule is CCSC(Oc1cccc2ccccc12)C(=O)OC. The molecule has 0 heterocycles. The summed E-state index contributed by atoms with van der Waals surface area (Å²) in [6.07, 6.45) is 0. The van der Waals surface area contributed by atoms with Crippen LogP contribution in [0.4, 0.5) is 0 Å². The van der Waals surface area contributed by atoms with Gasteiger partial charge in [0.2, 0.25) is 5.44 Å². The molecule has 0 bridgehead atoms. The third-order valence-corrected chi connectivity index (χ3v) is 3.62. The maximum atomic E-state index is 11.7. The molecular formula is C15H16O3S. The van der Waals surface area contributed by atoms with Gasteiger partial charge in [-0.25, -0.2) is 4.79 Å². The molecule has 0 aliphatic carbocycles. The molecule has 0 aromatic heterocycles. The molecule has 0 spiro atoms.